The maximum atomic E-state index is 13.7. The molecule has 0 radical (unpaired) electrons. The molecule has 2 nitrogen and oxygen atoms in total. The average Bonchev–Trinajstić information content (AvgIpc) is 2.41. The molecule has 0 heterocycles. The number of fused-ring (bicyclic) bond motifs is 2. The Bertz CT molecular complexity index is 555. The van der Waals surface area contributed by atoms with Gasteiger partial charge in [0.25, 0.3) is 0 Å². The number of carbonyl (C=O) groups is 1. The molecule has 3 unspecified atom stereocenters. The van der Waals surface area contributed by atoms with Crippen LogP contribution in [-0.2, 0) is 9.53 Å². The van der Waals surface area contributed by atoms with E-state index in [1.165, 1.54) is 32.1 Å². The minimum Gasteiger partial charge on any atom is -0.459 e. The van der Waals surface area contributed by atoms with Gasteiger partial charge in [-0.15, -0.1) is 0 Å². The quantitative estimate of drug-likeness (QED) is 0.459. The third kappa shape index (κ3) is 4.62. The van der Waals surface area contributed by atoms with Crippen molar-refractivity contribution < 1.29 is 9.53 Å². The lowest BCUT2D eigenvalue weighted by atomic mass is 9.51. The van der Waals surface area contributed by atoms with Crippen molar-refractivity contribution in [1.82, 2.24) is 0 Å². The molecule has 28 heavy (non-hydrogen) atoms. The summed E-state index contributed by atoms with van der Waals surface area (Å²) in [7, 11) is 0. The van der Waals surface area contributed by atoms with Crippen molar-refractivity contribution in [2.45, 2.75) is 120 Å². The Kier molecular flexibility index (Phi) is 6.20. The number of ether oxygens (including phenoxy) is 1. The highest BCUT2D eigenvalue weighted by Gasteiger charge is 2.57. The molecule has 2 rings (SSSR count). The summed E-state index contributed by atoms with van der Waals surface area (Å²) in [5.74, 6) is 2.26. The molecule has 2 bridgehead atoms. The molecule has 2 heteroatoms. The van der Waals surface area contributed by atoms with Crippen molar-refractivity contribution in [1.29, 1.82) is 0 Å². The van der Waals surface area contributed by atoms with Gasteiger partial charge in [0.15, 0.2) is 0 Å². The van der Waals surface area contributed by atoms with Gasteiger partial charge in [0.2, 0.25) is 0 Å². The van der Waals surface area contributed by atoms with Crippen molar-refractivity contribution in [3.05, 3.63) is 0 Å². The van der Waals surface area contributed by atoms with E-state index in [0.29, 0.717) is 0 Å². The topological polar surface area (TPSA) is 26.3 Å². The van der Waals surface area contributed by atoms with E-state index < -0.39 is 11.0 Å². The van der Waals surface area contributed by atoms with Crippen LogP contribution in [0.15, 0.2) is 0 Å². The van der Waals surface area contributed by atoms with Gasteiger partial charge in [-0.05, 0) is 87.9 Å². The van der Waals surface area contributed by atoms with Crippen molar-refractivity contribution in [2.75, 3.05) is 0 Å². The number of esters is 1. The predicted octanol–water partition coefficient (Wildman–Crippen LogP) is 7.65. The van der Waals surface area contributed by atoms with Crippen LogP contribution in [0.1, 0.15) is 115 Å². The average molecular weight is 393 g/mol. The van der Waals surface area contributed by atoms with Gasteiger partial charge in [-0.1, -0.05) is 55.4 Å². The van der Waals surface area contributed by atoms with Gasteiger partial charge in [-0.2, -0.15) is 0 Å². The molecule has 2 fully saturated rings. The lowest BCUT2D eigenvalue weighted by molar-refractivity contribution is -0.204. The normalized spacial score (nSPS) is 33.9. The highest BCUT2D eigenvalue weighted by molar-refractivity contribution is 5.78. The van der Waals surface area contributed by atoms with Crippen molar-refractivity contribution in [3.8, 4) is 0 Å². The molecule has 0 aliphatic heterocycles. The van der Waals surface area contributed by atoms with Crippen LogP contribution in [-0.4, -0.2) is 11.6 Å². The van der Waals surface area contributed by atoms with Crippen LogP contribution in [0.25, 0.3) is 0 Å². The molecule has 0 saturated heterocycles. The van der Waals surface area contributed by atoms with Gasteiger partial charge in [0.1, 0.15) is 5.60 Å². The Morgan fingerprint density at radius 1 is 0.857 bits per heavy atom. The molecule has 0 aromatic heterocycles. The third-order valence-corrected chi connectivity index (χ3v) is 8.24. The molecule has 0 spiro atoms. The van der Waals surface area contributed by atoms with Gasteiger partial charge < -0.3 is 4.74 Å². The molecule has 0 amide bonds. The predicted molar refractivity (Wildman–Crippen MR) is 119 cm³/mol. The summed E-state index contributed by atoms with van der Waals surface area (Å²) < 4.78 is 6.55. The van der Waals surface area contributed by atoms with E-state index >= 15 is 0 Å². The van der Waals surface area contributed by atoms with Crippen molar-refractivity contribution >= 4 is 5.97 Å². The maximum absolute atomic E-state index is 13.7. The van der Waals surface area contributed by atoms with Crippen LogP contribution in [0.5, 0.6) is 0 Å². The molecule has 2 saturated carbocycles. The zero-order valence-corrected chi connectivity index (χ0v) is 20.8. The Balaban J connectivity index is 2.33. The summed E-state index contributed by atoms with van der Waals surface area (Å²) in [5.41, 5.74) is -0.862. The molecule has 164 valence electrons. The summed E-state index contributed by atoms with van der Waals surface area (Å²) >= 11 is 0. The number of hydrogen-bond donors (Lipinski definition) is 0. The first kappa shape index (κ1) is 23.7. The highest BCUT2D eigenvalue weighted by Crippen LogP contribution is 2.59. The van der Waals surface area contributed by atoms with Gasteiger partial charge in [0, 0.05) is 5.41 Å². The van der Waals surface area contributed by atoms with Crippen molar-refractivity contribution in [3.63, 3.8) is 0 Å². The fraction of sp³-hybridized carbons (Fsp3) is 0.962. The van der Waals surface area contributed by atoms with Crippen LogP contribution in [0, 0.1) is 39.4 Å². The van der Waals surface area contributed by atoms with E-state index in [9.17, 15) is 4.79 Å². The molecular formula is C26H48O2. The van der Waals surface area contributed by atoms with Gasteiger partial charge in [0.05, 0.1) is 5.41 Å². The fourth-order valence-corrected chi connectivity index (χ4v) is 6.60. The van der Waals surface area contributed by atoms with Crippen LogP contribution < -0.4 is 0 Å². The van der Waals surface area contributed by atoms with E-state index in [0.717, 1.165) is 24.2 Å². The van der Waals surface area contributed by atoms with Crippen LogP contribution in [0.3, 0.4) is 0 Å². The van der Waals surface area contributed by atoms with Crippen molar-refractivity contribution in [2.24, 2.45) is 39.4 Å². The second kappa shape index (κ2) is 7.31. The summed E-state index contributed by atoms with van der Waals surface area (Å²) in [6, 6.07) is 0. The summed E-state index contributed by atoms with van der Waals surface area (Å²) in [6.45, 7) is 24.6. The first-order valence-electron chi connectivity index (χ1n) is 11.6. The van der Waals surface area contributed by atoms with Gasteiger partial charge >= 0.3 is 5.97 Å². The monoisotopic (exact) mass is 392 g/mol. The van der Waals surface area contributed by atoms with E-state index in [4.69, 9.17) is 4.74 Å². The summed E-state index contributed by atoms with van der Waals surface area (Å²) in [6.07, 6.45) is 7.15. The molecule has 0 N–H and O–H groups in total. The second-order valence-electron chi connectivity index (χ2n) is 13.7. The Morgan fingerprint density at radius 3 is 1.71 bits per heavy atom. The number of hydrogen-bond acceptors (Lipinski definition) is 2. The second-order valence-corrected chi connectivity index (χ2v) is 13.7. The minimum atomic E-state index is -0.501. The van der Waals surface area contributed by atoms with Crippen LogP contribution in [0.2, 0.25) is 0 Å². The molecule has 0 aromatic rings. The van der Waals surface area contributed by atoms with E-state index in [1.807, 2.05) is 0 Å². The molecule has 2 aliphatic rings. The zero-order chi connectivity index (χ0) is 21.8. The Hall–Kier alpha value is -0.530. The van der Waals surface area contributed by atoms with E-state index in [1.54, 1.807) is 0 Å². The molecule has 3 atom stereocenters. The van der Waals surface area contributed by atoms with Crippen LogP contribution in [0.4, 0.5) is 0 Å². The smallest absolute Gasteiger partial charge is 0.312 e. The first-order valence-corrected chi connectivity index (χ1v) is 11.6. The highest BCUT2D eigenvalue weighted by atomic mass is 16.6. The third-order valence-electron chi connectivity index (χ3n) is 8.24. The molecular weight excluding hydrogens is 344 g/mol. The standard InChI is InChI=1S/C26H48O2/c1-18-12-20-13-19(2)15-26(14-18,16-20)24(9,10)28-21(27)25(11,23(6,7)8)17-22(3,4)5/h18-20H,12-17H2,1-11H3. The molecule has 0 aromatic carbocycles. The summed E-state index contributed by atoms with van der Waals surface area (Å²) in [5, 5.41) is 0. The lowest BCUT2D eigenvalue weighted by Gasteiger charge is -2.57. The van der Waals surface area contributed by atoms with E-state index in [-0.39, 0.29) is 22.2 Å². The van der Waals surface area contributed by atoms with E-state index in [2.05, 4.69) is 76.2 Å². The van der Waals surface area contributed by atoms with Gasteiger partial charge in [-0.3, -0.25) is 4.79 Å². The lowest BCUT2D eigenvalue weighted by Crippen LogP contribution is -2.56. The summed E-state index contributed by atoms with van der Waals surface area (Å²) in [4.78, 5) is 13.7. The zero-order valence-electron chi connectivity index (χ0n) is 20.8. The number of carbonyl (C=O) groups excluding carboxylic acids is 1. The maximum Gasteiger partial charge on any atom is 0.312 e. The largest absolute Gasteiger partial charge is 0.459 e. The fourth-order valence-electron chi connectivity index (χ4n) is 6.60. The molecule has 2 aliphatic carbocycles. The Labute approximate surface area is 175 Å². The van der Waals surface area contributed by atoms with Gasteiger partial charge in [-0.25, -0.2) is 0 Å². The minimum absolute atomic E-state index is 0.00213. The van der Waals surface area contributed by atoms with Crippen LogP contribution >= 0.6 is 0 Å². The first-order chi connectivity index (χ1) is 12.4. The number of rotatable bonds is 4. The Morgan fingerprint density at radius 2 is 1.32 bits per heavy atom. The SMILES string of the molecule is CC1CC2CC(C)CC(C(C)(C)OC(=O)C(C)(CC(C)(C)C)C(C)(C)C)(C1)C2.